The Morgan fingerprint density at radius 2 is 1.46 bits per heavy atom. The highest BCUT2D eigenvalue weighted by Crippen LogP contribution is 2.35. The molecule has 1 aromatic heterocycles. The summed E-state index contributed by atoms with van der Waals surface area (Å²) in [6.07, 6.45) is 6.47. The first-order valence-corrected chi connectivity index (χ1v) is 23.6. The summed E-state index contributed by atoms with van der Waals surface area (Å²) in [6.45, 7) is 0.426. The second kappa shape index (κ2) is 20.5. The van der Waals surface area contributed by atoms with Crippen LogP contribution in [0.5, 0.6) is 0 Å². The molecule has 67 heavy (non-hydrogen) atoms. The molecule has 1 saturated carbocycles. The standard InChI is InChI=1S/C50H61N9O8/c1-56-41-27-32(16-19-38(41)59(50(56)67)40-21-23-43(61)54-48(40)65)26-30-12-14-31(15-13-30)28-44(62)57-25-24-35-17-20-39(58(35)49(66)36(51)29-57)47(64)53-37(18-22-42(52)60)46(63)55-45(33-8-4-2-5-9-33)34-10-6-3-7-11-34/h2-11,16,19,27,30-31,35-37,39-40,45H,12-15,17-18,20-26,28-29,51H2,1H3,(H2,52,60)(H,53,64)(H,55,63)(H,54,61,65)/t30?,31?,35-,36+,37+,39+,40?/m1/s1. The molecule has 4 fully saturated rings. The van der Waals surface area contributed by atoms with Crippen LogP contribution >= 0.6 is 0 Å². The lowest BCUT2D eigenvalue weighted by molar-refractivity contribution is -0.145. The first-order chi connectivity index (χ1) is 32.2. The molecular weight excluding hydrogens is 855 g/mol. The summed E-state index contributed by atoms with van der Waals surface area (Å²) < 4.78 is 3.04. The zero-order valence-electron chi connectivity index (χ0n) is 37.9. The summed E-state index contributed by atoms with van der Waals surface area (Å²) >= 11 is 0. The number of benzene rings is 3. The molecular formula is C50H61N9O8. The fourth-order valence-corrected chi connectivity index (χ4v) is 10.7. The Balaban J connectivity index is 0.847. The maximum absolute atomic E-state index is 14.1. The average Bonchev–Trinajstić information content (AvgIpc) is 3.85. The van der Waals surface area contributed by atoms with E-state index < -0.39 is 59.7 Å². The lowest BCUT2D eigenvalue weighted by Crippen LogP contribution is -2.60. The number of imide groups is 1. The van der Waals surface area contributed by atoms with Gasteiger partial charge in [0.25, 0.3) is 0 Å². The zero-order valence-corrected chi connectivity index (χ0v) is 37.9. The van der Waals surface area contributed by atoms with Crippen molar-refractivity contribution >= 4 is 52.4 Å². The first kappa shape index (κ1) is 46.9. The topological polar surface area (TPSA) is 241 Å². The maximum Gasteiger partial charge on any atom is 0.329 e. The van der Waals surface area contributed by atoms with Gasteiger partial charge in [-0.1, -0.05) is 66.7 Å². The number of hydrogen-bond acceptors (Lipinski definition) is 9. The molecule has 7 amide bonds. The number of nitrogens with two attached hydrogens (primary N) is 2. The highest BCUT2D eigenvalue weighted by Gasteiger charge is 2.45. The molecule has 5 atom stereocenters. The van der Waals surface area contributed by atoms with E-state index in [0.717, 1.165) is 54.3 Å². The normalized spacial score (nSPS) is 23.8. The van der Waals surface area contributed by atoms with Crippen molar-refractivity contribution in [1.82, 2.24) is 34.9 Å². The summed E-state index contributed by atoms with van der Waals surface area (Å²) in [5.74, 6) is -2.27. The third kappa shape index (κ3) is 10.5. The summed E-state index contributed by atoms with van der Waals surface area (Å²) in [7, 11) is 1.69. The number of carbonyl (C=O) groups is 7. The number of carbonyl (C=O) groups excluding carboxylic acids is 7. The number of primary amides is 1. The van der Waals surface area contributed by atoms with Gasteiger partial charge in [0, 0.05) is 45.4 Å². The lowest BCUT2D eigenvalue weighted by atomic mass is 9.78. The molecule has 354 valence electrons. The van der Waals surface area contributed by atoms with Gasteiger partial charge in [0.05, 0.1) is 17.1 Å². The summed E-state index contributed by atoms with van der Waals surface area (Å²) in [5.41, 5.74) is 15.9. The Morgan fingerprint density at radius 3 is 2.12 bits per heavy atom. The number of imidazole rings is 1. The van der Waals surface area contributed by atoms with Crippen molar-refractivity contribution in [3.8, 4) is 0 Å². The van der Waals surface area contributed by atoms with Gasteiger partial charge in [-0.2, -0.15) is 0 Å². The van der Waals surface area contributed by atoms with Gasteiger partial charge in [-0.15, -0.1) is 0 Å². The van der Waals surface area contributed by atoms with Gasteiger partial charge < -0.3 is 31.9 Å². The number of amides is 7. The smallest absolute Gasteiger partial charge is 0.329 e. The van der Waals surface area contributed by atoms with Gasteiger partial charge in [-0.25, -0.2) is 4.79 Å². The summed E-state index contributed by atoms with van der Waals surface area (Å²) in [4.78, 5) is 109. The SMILES string of the molecule is Cn1c(=O)n(C2CCC(=O)NC2=O)c2ccc(CC3CCC(CC(=O)N4CC[C@H]5CC[C@@H](C(=O)N[C@@H](CCC(N)=O)C(=O)NC(c6ccccc6)c6ccccc6)N5C(=O)[C@@H](N)C4)CC3)cc21. The van der Waals surface area contributed by atoms with Crippen molar-refractivity contribution in [3.05, 3.63) is 106 Å². The van der Waals surface area contributed by atoms with Crippen LogP contribution in [0.3, 0.4) is 0 Å². The maximum atomic E-state index is 14.1. The van der Waals surface area contributed by atoms with Crippen molar-refractivity contribution in [3.63, 3.8) is 0 Å². The van der Waals surface area contributed by atoms with Gasteiger partial charge in [-0.05, 0) is 105 Å². The van der Waals surface area contributed by atoms with E-state index in [0.29, 0.717) is 43.7 Å². The van der Waals surface area contributed by atoms with Crippen molar-refractivity contribution in [1.29, 1.82) is 0 Å². The molecule has 3 aliphatic heterocycles. The van der Waals surface area contributed by atoms with Crippen molar-refractivity contribution in [2.24, 2.45) is 30.4 Å². The predicted octanol–water partition coefficient (Wildman–Crippen LogP) is 2.63. The van der Waals surface area contributed by atoms with Crippen LogP contribution < -0.4 is 33.1 Å². The van der Waals surface area contributed by atoms with Crippen LogP contribution in [0.4, 0.5) is 0 Å². The van der Waals surface area contributed by atoms with Crippen LogP contribution in [0.1, 0.15) is 106 Å². The monoisotopic (exact) mass is 915 g/mol. The Morgan fingerprint density at radius 1 is 0.791 bits per heavy atom. The number of hydrogen-bond donors (Lipinski definition) is 5. The number of fused-ring (bicyclic) bond motifs is 2. The van der Waals surface area contributed by atoms with Crippen LogP contribution in [-0.4, -0.2) is 97.5 Å². The van der Waals surface area contributed by atoms with Crippen molar-refractivity contribution in [2.45, 2.75) is 120 Å². The minimum Gasteiger partial charge on any atom is -0.370 e. The minimum absolute atomic E-state index is 0.0319. The number of piperidine rings is 1. The third-order valence-electron chi connectivity index (χ3n) is 14.4. The number of aryl methyl sites for hydroxylation is 1. The Hall–Kier alpha value is -6.62. The zero-order chi connectivity index (χ0) is 47.4. The molecule has 4 heterocycles. The van der Waals surface area contributed by atoms with Crippen molar-refractivity contribution < 1.29 is 33.6 Å². The van der Waals surface area contributed by atoms with E-state index >= 15 is 0 Å². The molecule has 7 N–H and O–H groups in total. The highest BCUT2D eigenvalue weighted by molar-refractivity contribution is 6.00. The third-order valence-corrected chi connectivity index (χ3v) is 14.4. The second-order valence-corrected chi connectivity index (χ2v) is 18.9. The molecule has 3 aromatic carbocycles. The average molecular weight is 916 g/mol. The summed E-state index contributed by atoms with van der Waals surface area (Å²) in [6, 6.07) is 20.1. The molecule has 0 spiro atoms. The van der Waals surface area contributed by atoms with E-state index in [1.165, 1.54) is 4.57 Å². The fourth-order valence-electron chi connectivity index (χ4n) is 10.7. The van der Waals surface area contributed by atoms with Gasteiger partial charge in [0.15, 0.2) is 0 Å². The van der Waals surface area contributed by atoms with Gasteiger partial charge in [0.2, 0.25) is 41.4 Å². The molecule has 17 heteroatoms. The number of nitrogens with one attached hydrogen (secondary N) is 3. The molecule has 1 unspecified atom stereocenters. The molecule has 4 aromatic rings. The quantitative estimate of drug-likeness (QED) is 0.117. The van der Waals surface area contributed by atoms with E-state index in [4.69, 9.17) is 11.5 Å². The molecule has 4 aliphatic rings. The molecule has 3 saturated heterocycles. The summed E-state index contributed by atoms with van der Waals surface area (Å²) in [5, 5.41) is 8.27. The predicted molar refractivity (Wildman–Crippen MR) is 248 cm³/mol. The van der Waals surface area contributed by atoms with Crippen LogP contribution in [0.25, 0.3) is 11.0 Å². The van der Waals surface area contributed by atoms with Crippen molar-refractivity contribution in [2.75, 3.05) is 13.1 Å². The Bertz CT molecular complexity index is 2530. The minimum atomic E-state index is -1.11. The Kier molecular flexibility index (Phi) is 14.3. The molecule has 0 radical (unpaired) electrons. The largest absolute Gasteiger partial charge is 0.370 e. The molecule has 17 nitrogen and oxygen atoms in total. The number of rotatable bonds is 14. The Labute approximate surface area is 389 Å². The first-order valence-electron chi connectivity index (χ1n) is 23.6. The van der Waals surface area contributed by atoms with Gasteiger partial charge >= 0.3 is 5.69 Å². The van der Waals surface area contributed by atoms with Crippen LogP contribution in [0.15, 0.2) is 83.7 Å². The van der Waals surface area contributed by atoms with Gasteiger partial charge in [0.1, 0.15) is 24.2 Å². The molecule has 0 bridgehead atoms. The van der Waals surface area contributed by atoms with E-state index in [2.05, 4.69) is 16.0 Å². The number of nitrogens with zero attached hydrogens (tertiary/aromatic N) is 4. The molecule has 1 aliphatic carbocycles. The second-order valence-electron chi connectivity index (χ2n) is 18.9. The van der Waals surface area contributed by atoms with E-state index in [9.17, 15) is 38.4 Å². The van der Waals surface area contributed by atoms with Crippen LogP contribution in [0, 0.1) is 11.8 Å². The van der Waals surface area contributed by atoms with Gasteiger partial charge in [-0.3, -0.25) is 48.0 Å². The fraction of sp³-hybridized carbons (Fsp3) is 0.480. The van der Waals surface area contributed by atoms with E-state index in [-0.39, 0.29) is 61.7 Å². The lowest BCUT2D eigenvalue weighted by Gasteiger charge is -2.38. The molecule has 8 rings (SSSR count). The van der Waals surface area contributed by atoms with Crippen LogP contribution in [0.2, 0.25) is 0 Å². The van der Waals surface area contributed by atoms with Crippen LogP contribution in [-0.2, 0) is 47.0 Å². The van der Waals surface area contributed by atoms with E-state index in [1.807, 2.05) is 78.9 Å². The highest BCUT2D eigenvalue weighted by atomic mass is 16.2. The van der Waals surface area contributed by atoms with E-state index in [1.54, 1.807) is 21.4 Å². The number of aromatic nitrogens is 2.